The van der Waals surface area contributed by atoms with Crippen LogP contribution in [0.2, 0.25) is 0 Å². The van der Waals surface area contributed by atoms with Gasteiger partial charge >= 0.3 is 0 Å². The molecule has 1 fully saturated rings. The van der Waals surface area contributed by atoms with Crippen LogP contribution in [-0.4, -0.2) is 25.8 Å². The summed E-state index contributed by atoms with van der Waals surface area (Å²) in [5.74, 6) is 0.288. The van der Waals surface area contributed by atoms with Crippen molar-refractivity contribution in [3.8, 4) is 0 Å². The average molecular weight is 352 g/mol. The number of benzene rings is 1. The lowest BCUT2D eigenvalue weighted by Gasteiger charge is -2.28. The number of rotatable bonds is 8. The zero-order valence-electron chi connectivity index (χ0n) is 15.6. The third kappa shape index (κ3) is 4.82. The van der Waals surface area contributed by atoms with Gasteiger partial charge in [0.25, 0.3) is 0 Å². The molecule has 0 aliphatic carbocycles. The fraction of sp³-hybridized carbons (Fsp3) is 0.700. The second kappa shape index (κ2) is 9.00. The third-order valence-corrected chi connectivity index (χ3v) is 7.09. The Labute approximate surface area is 148 Å². The van der Waals surface area contributed by atoms with Gasteiger partial charge in [0.05, 0.1) is 4.90 Å². The number of sulfonamides is 1. The van der Waals surface area contributed by atoms with E-state index in [2.05, 4.69) is 19.9 Å². The Morgan fingerprint density at radius 2 is 1.79 bits per heavy atom. The predicted molar refractivity (Wildman–Crippen MR) is 101 cm³/mol. The zero-order valence-corrected chi connectivity index (χ0v) is 16.4. The molecule has 1 aliphatic rings. The lowest BCUT2D eigenvalue weighted by Crippen LogP contribution is -2.36. The number of aryl methyl sites for hydroxylation is 1. The first-order valence-corrected chi connectivity index (χ1v) is 11.0. The highest BCUT2D eigenvalue weighted by Crippen LogP contribution is 2.31. The monoisotopic (exact) mass is 351 g/mol. The molecule has 3 nitrogen and oxygen atoms in total. The molecule has 1 aromatic carbocycles. The standard InChI is InChI=1S/C20H33NO2S/c1-4-5-6-8-11-18(3)19-16-17(2)12-13-20(19)24(22,23)21-14-9-7-10-15-21/h12-13,16,18H,4-11,14-15H2,1-3H3. The van der Waals surface area contributed by atoms with Gasteiger partial charge in [-0.25, -0.2) is 8.42 Å². The number of hydrogen-bond acceptors (Lipinski definition) is 2. The molecule has 4 heteroatoms. The van der Waals surface area contributed by atoms with E-state index in [1.165, 1.54) is 25.7 Å². The van der Waals surface area contributed by atoms with E-state index in [1.54, 1.807) is 4.31 Å². The first-order valence-electron chi connectivity index (χ1n) is 9.57. The van der Waals surface area contributed by atoms with Crippen molar-refractivity contribution >= 4 is 10.0 Å². The molecule has 136 valence electrons. The SMILES string of the molecule is CCCCCCC(C)c1cc(C)ccc1S(=O)(=O)N1CCCCC1. The van der Waals surface area contributed by atoms with Crippen LogP contribution in [0.4, 0.5) is 0 Å². The Hall–Kier alpha value is -0.870. The maximum absolute atomic E-state index is 13.1. The fourth-order valence-electron chi connectivity index (χ4n) is 3.57. The maximum atomic E-state index is 13.1. The van der Waals surface area contributed by atoms with Gasteiger partial charge in [-0.3, -0.25) is 0 Å². The van der Waals surface area contributed by atoms with Crippen LogP contribution >= 0.6 is 0 Å². The van der Waals surface area contributed by atoms with Crippen molar-refractivity contribution in [3.63, 3.8) is 0 Å². The van der Waals surface area contributed by atoms with Gasteiger partial charge in [0.15, 0.2) is 0 Å². The summed E-state index contributed by atoms with van der Waals surface area (Å²) < 4.78 is 27.9. The van der Waals surface area contributed by atoms with Crippen LogP contribution in [0.3, 0.4) is 0 Å². The fourth-order valence-corrected chi connectivity index (χ4v) is 5.38. The lowest BCUT2D eigenvalue weighted by molar-refractivity contribution is 0.346. The average Bonchev–Trinajstić information content (AvgIpc) is 2.59. The highest BCUT2D eigenvalue weighted by molar-refractivity contribution is 7.89. The molecule has 1 saturated heterocycles. The van der Waals surface area contributed by atoms with E-state index in [0.29, 0.717) is 18.0 Å². The number of unbranched alkanes of at least 4 members (excludes halogenated alkanes) is 3. The van der Waals surface area contributed by atoms with Crippen LogP contribution in [0.15, 0.2) is 23.1 Å². The molecule has 1 aliphatic heterocycles. The predicted octanol–water partition coefficient (Wildman–Crippen LogP) is 5.24. The molecule has 1 heterocycles. The van der Waals surface area contributed by atoms with E-state index in [0.717, 1.165) is 36.8 Å². The van der Waals surface area contributed by atoms with Crippen molar-refractivity contribution < 1.29 is 8.42 Å². The molecule has 0 radical (unpaired) electrons. The maximum Gasteiger partial charge on any atom is 0.243 e. The van der Waals surface area contributed by atoms with Gasteiger partial charge in [-0.15, -0.1) is 0 Å². The molecular weight excluding hydrogens is 318 g/mol. The van der Waals surface area contributed by atoms with E-state index in [4.69, 9.17) is 0 Å². The summed E-state index contributed by atoms with van der Waals surface area (Å²) in [7, 11) is -3.36. The molecule has 0 amide bonds. The first kappa shape index (κ1) is 19.5. The molecule has 24 heavy (non-hydrogen) atoms. The summed E-state index contributed by atoms with van der Waals surface area (Å²) in [4.78, 5) is 0.540. The van der Waals surface area contributed by atoms with Crippen molar-refractivity contribution in [2.75, 3.05) is 13.1 Å². The molecule has 1 atom stereocenters. The van der Waals surface area contributed by atoms with Crippen LogP contribution in [0.5, 0.6) is 0 Å². The molecule has 1 unspecified atom stereocenters. The molecule has 1 aromatic rings. The molecule has 0 aromatic heterocycles. The summed E-state index contributed by atoms with van der Waals surface area (Å²) in [5, 5.41) is 0. The van der Waals surface area contributed by atoms with E-state index < -0.39 is 10.0 Å². The summed E-state index contributed by atoms with van der Waals surface area (Å²) >= 11 is 0. The summed E-state index contributed by atoms with van der Waals surface area (Å²) in [5.41, 5.74) is 2.15. The molecule has 0 bridgehead atoms. The minimum atomic E-state index is -3.36. The molecule has 0 saturated carbocycles. The molecule has 0 N–H and O–H groups in total. The normalized spacial score (nSPS) is 17.8. The van der Waals surface area contributed by atoms with Crippen molar-refractivity contribution in [1.29, 1.82) is 0 Å². The van der Waals surface area contributed by atoms with Gasteiger partial charge in [0.2, 0.25) is 10.0 Å². The van der Waals surface area contributed by atoms with Crippen molar-refractivity contribution in [2.45, 2.75) is 83.0 Å². The van der Waals surface area contributed by atoms with E-state index in [1.807, 2.05) is 19.1 Å². The second-order valence-corrected chi connectivity index (χ2v) is 9.16. The van der Waals surface area contributed by atoms with Crippen molar-refractivity contribution in [3.05, 3.63) is 29.3 Å². The van der Waals surface area contributed by atoms with Crippen molar-refractivity contribution in [1.82, 2.24) is 4.31 Å². The Bertz CT molecular complexity index is 619. The largest absolute Gasteiger partial charge is 0.243 e. The molecule has 0 spiro atoms. The Morgan fingerprint density at radius 3 is 2.46 bits per heavy atom. The van der Waals surface area contributed by atoms with Crippen LogP contribution in [0.1, 0.15) is 82.3 Å². The van der Waals surface area contributed by atoms with E-state index in [9.17, 15) is 8.42 Å². The lowest BCUT2D eigenvalue weighted by atomic mass is 9.93. The minimum Gasteiger partial charge on any atom is -0.207 e. The highest BCUT2D eigenvalue weighted by Gasteiger charge is 2.29. The Morgan fingerprint density at radius 1 is 1.08 bits per heavy atom. The van der Waals surface area contributed by atoms with Gasteiger partial charge in [-0.2, -0.15) is 4.31 Å². The van der Waals surface area contributed by atoms with Crippen LogP contribution in [-0.2, 0) is 10.0 Å². The quantitative estimate of drug-likeness (QED) is 0.600. The summed E-state index contributed by atoms with van der Waals surface area (Å²) in [6.07, 6.45) is 9.06. The topological polar surface area (TPSA) is 37.4 Å². The zero-order chi connectivity index (χ0) is 17.6. The summed E-state index contributed by atoms with van der Waals surface area (Å²) in [6, 6.07) is 5.85. The van der Waals surface area contributed by atoms with Gasteiger partial charge < -0.3 is 0 Å². The van der Waals surface area contributed by atoms with Gasteiger partial charge in [-0.05, 0) is 43.7 Å². The van der Waals surface area contributed by atoms with E-state index >= 15 is 0 Å². The highest BCUT2D eigenvalue weighted by atomic mass is 32.2. The van der Waals surface area contributed by atoms with Crippen LogP contribution < -0.4 is 0 Å². The smallest absolute Gasteiger partial charge is 0.207 e. The second-order valence-electron chi connectivity index (χ2n) is 7.26. The first-order chi connectivity index (χ1) is 11.5. The van der Waals surface area contributed by atoms with Crippen LogP contribution in [0, 0.1) is 6.92 Å². The molecule has 2 rings (SSSR count). The van der Waals surface area contributed by atoms with Gasteiger partial charge in [0.1, 0.15) is 0 Å². The summed E-state index contributed by atoms with van der Waals surface area (Å²) in [6.45, 7) is 7.77. The number of nitrogens with zero attached hydrogens (tertiary/aromatic N) is 1. The number of hydrogen-bond donors (Lipinski definition) is 0. The Kier molecular flexibility index (Phi) is 7.30. The minimum absolute atomic E-state index is 0.288. The van der Waals surface area contributed by atoms with Gasteiger partial charge in [0, 0.05) is 13.1 Å². The molecular formula is C20H33NO2S. The van der Waals surface area contributed by atoms with Gasteiger partial charge in [-0.1, -0.05) is 63.6 Å². The third-order valence-electron chi connectivity index (χ3n) is 5.12. The number of piperidine rings is 1. The Balaban J connectivity index is 2.23. The van der Waals surface area contributed by atoms with Crippen molar-refractivity contribution in [2.24, 2.45) is 0 Å². The van der Waals surface area contributed by atoms with Crippen LogP contribution in [0.25, 0.3) is 0 Å². The van der Waals surface area contributed by atoms with E-state index in [-0.39, 0.29) is 5.92 Å².